The van der Waals surface area contributed by atoms with Crippen molar-refractivity contribution < 1.29 is 22.7 Å². The van der Waals surface area contributed by atoms with Gasteiger partial charge in [-0.2, -0.15) is 8.78 Å². The molecule has 4 rings (SSSR count). The van der Waals surface area contributed by atoms with Gasteiger partial charge in [-0.05, 0) is 63.2 Å². The van der Waals surface area contributed by atoms with Crippen LogP contribution in [0.15, 0.2) is 64.6 Å². The van der Waals surface area contributed by atoms with Crippen LogP contribution in [0.5, 0.6) is 5.75 Å². The summed E-state index contributed by atoms with van der Waals surface area (Å²) < 4.78 is 38.4. The molecule has 0 aliphatic heterocycles. The number of benzene rings is 1. The summed E-state index contributed by atoms with van der Waals surface area (Å²) in [5.74, 6) is 0.810. The minimum absolute atomic E-state index is 0.0375. The van der Waals surface area contributed by atoms with Crippen molar-refractivity contribution in [1.29, 1.82) is 0 Å². The van der Waals surface area contributed by atoms with Gasteiger partial charge in [-0.1, -0.05) is 11.8 Å². The van der Waals surface area contributed by atoms with Gasteiger partial charge in [0, 0.05) is 22.6 Å². The number of thioether (sulfide) groups is 1. The van der Waals surface area contributed by atoms with Crippen LogP contribution in [0.3, 0.4) is 0 Å². The molecular weight excluding hydrogens is 450 g/mol. The lowest BCUT2D eigenvalue weighted by Gasteiger charge is -2.13. The van der Waals surface area contributed by atoms with Gasteiger partial charge in [0.15, 0.2) is 10.9 Å². The summed E-state index contributed by atoms with van der Waals surface area (Å²) in [6.07, 6.45) is 3.21. The molecule has 3 aromatic heterocycles. The number of hydrogen-bond donors (Lipinski definition) is 0. The number of halogens is 2. The fourth-order valence-electron chi connectivity index (χ4n) is 3.63. The molecule has 0 saturated carbocycles. The van der Waals surface area contributed by atoms with Gasteiger partial charge in [-0.3, -0.25) is 4.79 Å². The third-order valence-corrected chi connectivity index (χ3v) is 6.25. The first-order valence-corrected chi connectivity index (χ1v) is 11.1. The van der Waals surface area contributed by atoms with Crippen molar-refractivity contribution in [2.75, 3.05) is 0 Å². The number of hydrogen-bond acceptors (Lipinski definition) is 6. The molecule has 1 aromatic carbocycles. The first-order chi connectivity index (χ1) is 15.8. The standard InChI is InChI=1S/C23H22F2N4O3S/c1-14-11-20(15(2)29(14)17-6-8-18(9-7-17)32-22(24)25)21(30)16(3)33-23-27-26-13-28(23)12-19-5-4-10-31-19/h4-11,13,16,22H,12H2,1-3H3. The lowest BCUT2D eigenvalue weighted by Crippen LogP contribution is -2.16. The maximum atomic E-state index is 13.3. The van der Waals surface area contributed by atoms with Crippen LogP contribution in [0.2, 0.25) is 0 Å². The highest BCUT2D eigenvalue weighted by molar-refractivity contribution is 8.00. The summed E-state index contributed by atoms with van der Waals surface area (Å²) in [7, 11) is 0. The summed E-state index contributed by atoms with van der Waals surface area (Å²) in [6, 6.07) is 11.8. The van der Waals surface area contributed by atoms with Crippen LogP contribution >= 0.6 is 11.8 Å². The summed E-state index contributed by atoms with van der Waals surface area (Å²) in [5.41, 5.74) is 2.97. The number of aryl methyl sites for hydroxylation is 1. The second-order valence-corrected chi connectivity index (χ2v) is 8.75. The highest BCUT2D eigenvalue weighted by atomic mass is 32.2. The number of nitrogens with zero attached hydrogens (tertiary/aromatic N) is 4. The van der Waals surface area contributed by atoms with Crippen molar-refractivity contribution in [3.05, 3.63) is 77.8 Å². The predicted octanol–water partition coefficient (Wildman–Crippen LogP) is 5.29. The molecule has 33 heavy (non-hydrogen) atoms. The summed E-state index contributed by atoms with van der Waals surface area (Å²) in [6.45, 7) is 3.19. The van der Waals surface area contributed by atoms with Gasteiger partial charge in [-0.25, -0.2) is 0 Å². The molecule has 1 atom stereocenters. The highest BCUT2D eigenvalue weighted by Gasteiger charge is 2.24. The molecule has 10 heteroatoms. The first kappa shape index (κ1) is 22.8. The number of rotatable bonds is 9. The molecule has 0 bridgehead atoms. The van der Waals surface area contributed by atoms with Crippen molar-refractivity contribution in [3.63, 3.8) is 0 Å². The average Bonchev–Trinajstić information content (AvgIpc) is 3.50. The molecular formula is C23H22F2N4O3S. The Bertz CT molecular complexity index is 1230. The van der Waals surface area contributed by atoms with Crippen molar-refractivity contribution in [2.45, 2.75) is 44.3 Å². The molecule has 0 radical (unpaired) electrons. The van der Waals surface area contributed by atoms with Gasteiger partial charge < -0.3 is 18.3 Å². The van der Waals surface area contributed by atoms with Crippen LogP contribution in [0.4, 0.5) is 8.78 Å². The molecule has 1 unspecified atom stereocenters. The van der Waals surface area contributed by atoms with E-state index in [4.69, 9.17) is 4.42 Å². The van der Waals surface area contributed by atoms with E-state index in [0.717, 1.165) is 22.8 Å². The van der Waals surface area contributed by atoms with Gasteiger partial charge >= 0.3 is 6.61 Å². The molecule has 3 heterocycles. The molecule has 7 nitrogen and oxygen atoms in total. The minimum atomic E-state index is -2.88. The van der Waals surface area contributed by atoms with E-state index in [9.17, 15) is 13.6 Å². The predicted molar refractivity (Wildman–Crippen MR) is 119 cm³/mol. The van der Waals surface area contributed by atoms with Gasteiger partial charge in [0.1, 0.15) is 17.8 Å². The largest absolute Gasteiger partial charge is 0.467 e. The molecule has 0 aliphatic carbocycles. The van der Waals surface area contributed by atoms with Gasteiger partial charge in [-0.15, -0.1) is 10.2 Å². The zero-order chi connectivity index (χ0) is 23.5. The van der Waals surface area contributed by atoms with Gasteiger partial charge in [0.2, 0.25) is 0 Å². The normalized spacial score (nSPS) is 12.3. The molecule has 0 fully saturated rings. The van der Waals surface area contributed by atoms with E-state index in [2.05, 4.69) is 14.9 Å². The van der Waals surface area contributed by atoms with E-state index in [1.54, 1.807) is 24.7 Å². The fourth-order valence-corrected chi connectivity index (χ4v) is 4.52. The lowest BCUT2D eigenvalue weighted by molar-refractivity contribution is -0.0498. The maximum absolute atomic E-state index is 13.3. The number of carbonyl (C=O) groups is 1. The quantitative estimate of drug-likeness (QED) is 0.243. The summed E-state index contributed by atoms with van der Waals surface area (Å²) in [4.78, 5) is 13.3. The molecule has 0 saturated heterocycles. The third-order valence-electron chi connectivity index (χ3n) is 5.15. The zero-order valence-electron chi connectivity index (χ0n) is 18.2. The smallest absolute Gasteiger partial charge is 0.387 e. The Kier molecular flexibility index (Phi) is 6.64. The van der Waals surface area contributed by atoms with Crippen LogP contribution in [-0.2, 0) is 6.54 Å². The van der Waals surface area contributed by atoms with Gasteiger partial charge in [0.25, 0.3) is 0 Å². The Hall–Kier alpha value is -3.40. The topological polar surface area (TPSA) is 75.1 Å². The summed E-state index contributed by atoms with van der Waals surface area (Å²) >= 11 is 1.33. The number of ether oxygens (including phenoxy) is 1. The second kappa shape index (κ2) is 9.62. The SMILES string of the molecule is Cc1cc(C(=O)C(C)Sc2nncn2Cc2ccco2)c(C)n1-c1ccc(OC(F)F)cc1. The maximum Gasteiger partial charge on any atom is 0.387 e. The molecule has 172 valence electrons. The number of furan rings is 1. The first-order valence-electron chi connectivity index (χ1n) is 10.2. The van der Waals surface area contributed by atoms with E-state index in [-0.39, 0.29) is 11.5 Å². The number of Topliss-reactive ketones (excluding diaryl/α,β-unsaturated/α-hetero) is 1. The molecule has 0 aliphatic rings. The van der Waals surface area contributed by atoms with Crippen LogP contribution in [0, 0.1) is 13.8 Å². The Morgan fingerprint density at radius 3 is 2.64 bits per heavy atom. The fraction of sp³-hybridized carbons (Fsp3) is 0.261. The van der Waals surface area contributed by atoms with Gasteiger partial charge in [0.05, 0.1) is 18.1 Å². The van der Waals surface area contributed by atoms with Crippen molar-refractivity contribution in [3.8, 4) is 11.4 Å². The third kappa shape index (κ3) is 5.00. The minimum Gasteiger partial charge on any atom is -0.467 e. The molecule has 0 spiro atoms. The number of alkyl halides is 2. The Labute approximate surface area is 193 Å². The van der Waals surface area contributed by atoms with Crippen LogP contribution in [0.25, 0.3) is 5.69 Å². The lowest BCUT2D eigenvalue weighted by atomic mass is 10.1. The Balaban J connectivity index is 1.52. The second-order valence-electron chi connectivity index (χ2n) is 7.44. The number of carbonyl (C=O) groups excluding carboxylic acids is 1. The highest BCUT2D eigenvalue weighted by Crippen LogP contribution is 2.29. The molecule has 0 N–H and O–H groups in total. The zero-order valence-corrected chi connectivity index (χ0v) is 19.1. The van der Waals surface area contributed by atoms with E-state index in [1.807, 2.05) is 48.1 Å². The monoisotopic (exact) mass is 472 g/mol. The van der Waals surface area contributed by atoms with E-state index >= 15 is 0 Å². The van der Waals surface area contributed by atoms with Crippen LogP contribution in [-0.4, -0.2) is 37.0 Å². The molecule has 4 aromatic rings. The van der Waals surface area contributed by atoms with E-state index < -0.39 is 11.9 Å². The molecule has 0 amide bonds. The Morgan fingerprint density at radius 2 is 1.97 bits per heavy atom. The van der Waals surface area contributed by atoms with E-state index in [0.29, 0.717) is 17.3 Å². The van der Waals surface area contributed by atoms with Crippen LogP contribution in [0.1, 0.15) is 34.4 Å². The summed E-state index contributed by atoms with van der Waals surface area (Å²) in [5, 5.41) is 8.33. The average molecular weight is 473 g/mol. The Morgan fingerprint density at radius 1 is 1.21 bits per heavy atom. The number of aromatic nitrogens is 4. The number of ketones is 1. The van der Waals surface area contributed by atoms with Crippen molar-refractivity contribution in [1.82, 2.24) is 19.3 Å². The van der Waals surface area contributed by atoms with Crippen LogP contribution < -0.4 is 4.74 Å². The van der Waals surface area contributed by atoms with Crippen molar-refractivity contribution >= 4 is 17.5 Å². The van der Waals surface area contributed by atoms with E-state index in [1.165, 1.54) is 23.9 Å². The van der Waals surface area contributed by atoms with Crippen molar-refractivity contribution in [2.24, 2.45) is 0 Å².